The van der Waals surface area contributed by atoms with Crippen molar-refractivity contribution in [2.24, 2.45) is 11.8 Å². The molecule has 3 nitrogen and oxygen atoms in total. The second-order valence-electron chi connectivity index (χ2n) is 5.89. The van der Waals surface area contributed by atoms with Crippen LogP contribution in [0.25, 0.3) is 0 Å². The number of likely N-dealkylation sites (tertiary alicyclic amines) is 1. The summed E-state index contributed by atoms with van der Waals surface area (Å²) in [4.78, 5) is 14.7. The zero-order chi connectivity index (χ0) is 12.4. The fraction of sp³-hybridized carbons (Fsp3) is 0.929. The van der Waals surface area contributed by atoms with Gasteiger partial charge in [-0.15, -0.1) is 0 Å². The van der Waals surface area contributed by atoms with Crippen LogP contribution in [0.2, 0.25) is 0 Å². The molecule has 0 aromatic carbocycles. The fourth-order valence-electron chi connectivity index (χ4n) is 3.17. The van der Waals surface area contributed by atoms with E-state index in [4.69, 9.17) is 0 Å². The molecule has 0 aromatic heterocycles. The molecule has 0 aliphatic carbocycles. The van der Waals surface area contributed by atoms with Crippen molar-refractivity contribution in [3.8, 4) is 0 Å². The maximum atomic E-state index is 12.5. The Bertz CT molecular complexity index is 279. The van der Waals surface area contributed by atoms with Crippen LogP contribution in [-0.4, -0.2) is 36.0 Å². The zero-order valence-corrected chi connectivity index (χ0v) is 11.4. The number of nitrogens with one attached hydrogen (secondary N) is 1. The molecule has 0 bridgehead atoms. The van der Waals surface area contributed by atoms with Gasteiger partial charge in [0, 0.05) is 12.6 Å². The summed E-state index contributed by atoms with van der Waals surface area (Å²) in [5.74, 6) is 1.56. The first-order chi connectivity index (χ1) is 8.13. The van der Waals surface area contributed by atoms with Gasteiger partial charge in [0.25, 0.3) is 0 Å². The average Bonchev–Trinajstić information content (AvgIpc) is 2.75. The van der Waals surface area contributed by atoms with E-state index in [1.54, 1.807) is 0 Å². The lowest BCUT2D eigenvalue weighted by molar-refractivity contribution is -0.138. The number of piperidine rings is 1. The van der Waals surface area contributed by atoms with Gasteiger partial charge in [0.05, 0.1) is 6.04 Å². The number of carbonyl (C=O) groups is 1. The van der Waals surface area contributed by atoms with Crippen molar-refractivity contribution in [1.29, 1.82) is 0 Å². The van der Waals surface area contributed by atoms with Gasteiger partial charge < -0.3 is 10.2 Å². The lowest BCUT2D eigenvalue weighted by Crippen LogP contribution is -2.52. The highest BCUT2D eigenvalue weighted by molar-refractivity contribution is 5.83. The Morgan fingerprint density at radius 2 is 2.06 bits per heavy atom. The number of hydrogen-bond acceptors (Lipinski definition) is 2. The molecule has 2 heterocycles. The lowest BCUT2D eigenvalue weighted by Gasteiger charge is -2.39. The number of nitrogens with zero attached hydrogens (tertiary/aromatic N) is 1. The van der Waals surface area contributed by atoms with Crippen molar-refractivity contribution >= 4 is 5.91 Å². The molecule has 3 heteroatoms. The molecule has 1 N–H and O–H groups in total. The highest BCUT2D eigenvalue weighted by Crippen LogP contribution is 2.26. The highest BCUT2D eigenvalue weighted by atomic mass is 16.2. The van der Waals surface area contributed by atoms with E-state index in [0.29, 0.717) is 23.8 Å². The molecule has 2 fully saturated rings. The quantitative estimate of drug-likeness (QED) is 0.798. The molecule has 0 saturated carbocycles. The SMILES string of the molecule is CCC1CCC(C)N(C(=O)C2NCCC2C)C1. The van der Waals surface area contributed by atoms with Crippen LogP contribution < -0.4 is 5.32 Å². The van der Waals surface area contributed by atoms with E-state index in [2.05, 4.69) is 31.0 Å². The van der Waals surface area contributed by atoms with Crippen LogP contribution in [0, 0.1) is 11.8 Å². The molecule has 4 atom stereocenters. The first-order valence-electron chi connectivity index (χ1n) is 7.17. The van der Waals surface area contributed by atoms with Crippen molar-refractivity contribution in [1.82, 2.24) is 10.2 Å². The van der Waals surface area contributed by atoms with E-state index >= 15 is 0 Å². The first kappa shape index (κ1) is 12.9. The predicted molar refractivity (Wildman–Crippen MR) is 69.8 cm³/mol. The normalized spacial score (nSPS) is 38.4. The smallest absolute Gasteiger partial charge is 0.240 e. The summed E-state index contributed by atoms with van der Waals surface area (Å²) < 4.78 is 0. The van der Waals surface area contributed by atoms with E-state index in [1.807, 2.05) is 0 Å². The van der Waals surface area contributed by atoms with Crippen molar-refractivity contribution in [2.45, 2.75) is 58.5 Å². The summed E-state index contributed by atoms with van der Waals surface area (Å²) in [5.41, 5.74) is 0. The molecule has 2 saturated heterocycles. The largest absolute Gasteiger partial charge is 0.338 e. The third-order valence-corrected chi connectivity index (χ3v) is 4.64. The van der Waals surface area contributed by atoms with Gasteiger partial charge in [-0.25, -0.2) is 0 Å². The van der Waals surface area contributed by atoms with Gasteiger partial charge in [0.1, 0.15) is 0 Å². The molecule has 1 amide bonds. The summed E-state index contributed by atoms with van der Waals surface area (Å²) in [6, 6.07) is 0.507. The topological polar surface area (TPSA) is 32.3 Å². The Morgan fingerprint density at radius 3 is 2.65 bits per heavy atom. The molecule has 0 aromatic rings. The Hall–Kier alpha value is -0.570. The minimum Gasteiger partial charge on any atom is -0.338 e. The van der Waals surface area contributed by atoms with Gasteiger partial charge in [0.2, 0.25) is 5.91 Å². The standard InChI is InChI=1S/C14H26N2O/c1-4-12-6-5-11(3)16(9-12)14(17)13-10(2)7-8-15-13/h10-13,15H,4-9H2,1-3H3. The highest BCUT2D eigenvalue weighted by Gasteiger charge is 2.36. The van der Waals surface area contributed by atoms with Gasteiger partial charge in [-0.05, 0) is 44.6 Å². The van der Waals surface area contributed by atoms with Crippen LogP contribution >= 0.6 is 0 Å². The Morgan fingerprint density at radius 1 is 1.29 bits per heavy atom. The van der Waals surface area contributed by atoms with Crippen molar-refractivity contribution in [3.05, 3.63) is 0 Å². The van der Waals surface area contributed by atoms with E-state index in [-0.39, 0.29) is 6.04 Å². The van der Waals surface area contributed by atoms with Gasteiger partial charge in [-0.1, -0.05) is 20.3 Å². The number of carbonyl (C=O) groups excluding carboxylic acids is 1. The summed E-state index contributed by atoms with van der Waals surface area (Å²) in [6.07, 6.45) is 4.79. The fourth-order valence-corrected chi connectivity index (χ4v) is 3.17. The maximum Gasteiger partial charge on any atom is 0.240 e. The maximum absolute atomic E-state index is 12.5. The van der Waals surface area contributed by atoms with Crippen molar-refractivity contribution in [3.63, 3.8) is 0 Å². The molecular weight excluding hydrogens is 212 g/mol. The molecular formula is C14H26N2O. The molecule has 98 valence electrons. The molecule has 0 spiro atoms. The van der Waals surface area contributed by atoms with E-state index in [9.17, 15) is 4.79 Å². The molecule has 4 unspecified atom stereocenters. The number of rotatable bonds is 2. The second-order valence-corrected chi connectivity index (χ2v) is 5.89. The van der Waals surface area contributed by atoms with Crippen molar-refractivity contribution < 1.29 is 4.79 Å². The minimum atomic E-state index is 0.0769. The summed E-state index contributed by atoms with van der Waals surface area (Å²) in [6.45, 7) is 8.59. The minimum absolute atomic E-state index is 0.0769. The zero-order valence-electron chi connectivity index (χ0n) is 11.4. The Kier molecular flexibility index (Phi) is 4.08. The second kappa shape index (κ2) is 5.38. The van der Waals surface area contributed by atoms with Crippen LogP contribution in [0.1, 0.15) is 46.5 Å². The lowest BCUT2D eigenvalue weighted by atomic mass is 9.90. The molecule has 17 heavy (non-hydrogen) atoms. The molecule has 2 aliphatic rings. The predicted octanol–water partition coefficient (Wildman–Crippen LogP) is 2.02. The summed E-state index contributed by atoms with van der Waals surface area (Å²) in [5, 5.41) is 3.37. The Balaban J connectivity index is 2.01. The molecule has 0 radical (unpaired) electrons. The third-order valence-electron chi connectivity index (χ3n) is 4.64. The third kappa shape index (κ3) is 2.65. The van der Waals surface area contributed by atoms with Crippen LogP contribution in [0.4, 0.5) is 0 Å². The van der Waals surface area contributed by atoms with Crippen molar-refractivity contribution in [2.75, 3.05) is 13.1 Å². The summed E-state index contributed by atoms with van der Waals surface area (Å²) >= 11 is 0. The van der Waals surface area contributed by atoms with Gasteiger partial charge in [0.15, 0.2) is 0 Å². The first-order valence-corrected chi connectivity index (χ1v) is 7.17. The average molecular weight is 238 g/mol. The van der Waals surface area contributed by atoms with Crippen LogP contribution in [0.3, 0.4) is 0 Å². The van der Waals surface area contributed by atoms with E-state index in [0.717, 1.165) is 19.5 Å². The monoisotopic (exact) mass is 238 g/mol. The summed E-state index contributed by atoms with van der Waals surface area (Å²) in [7, 11) is 0. The van der Waals surface area contributed by atoms with E-state index < -0.39 is 0 Å². The number of hydrogen-bond donors (Lipinski definition) is 1. The molecule has 2 aliphatic heterocycles. The molecule has 2 rings (SSSR count). The number of amides is 1. The van der Waals surface area contributed by atoms with E-state index in [1.165, 1.54) is 19.3 Å². The van der Waals surface area contributed by atoms with Crippen LogP contribution in [0.15, 0.2) is 0 Å². The van der Waals surface area contributed by atoms with Gasteiger partial charge >= 0.3 is 0 Å². The van der Waals surface area contributed by atoms with Gasteiger partial charge in [-0.2, -0.15) is 0 Å². The van der Waals surface area contributed by atoms with Gasteiger partial charge in [-0.3, -0.25) is 4.79 Å². The Labute approximate surface area is 105 Å². The van der Waals surface area contributed by atoms with Crippen LogP contribution in [0.5, 0.6) is 0 Å². The van der Waals surface area contributed by atoms with Crippen LogP contribution in [-0.2, 0) is 4.79 Å².